The van der Waals surface area contributed by atoms with Crippen molar-refractivity contribution >= 4 is 11.7 Å². The van der Waals surface area contributed by atoms with Crippen LogP contribution in [0.3, 0.4) is 0 Å². The number of hydrogen-bond donors (Lipinski definition) is 1. The first kappa shape index (κ1) is 32.9. The van der Waals surface area contributed by atoms with Crippen LogP contribution < -0.4 is 15.0 Å². The number of anilines is 1. The van der Waals surface area contributed by atoms with Gasteiger partial charge in [0.2, 0.25) is 0 Å². The van der Waals surface area contributed by atoms with Crippen LogP contribution in [0.15, 0.2) is 54.6 Å². The minimum Gasteiger partial charge on any atom is -0.491 e. The lowest BCUT2D eigenvalue weighted by Crippen LogP contribution is -2.58. The van der Waals surface area contributed by atoms with E-state index < -0.39 is 23.7 Å². The number of ether oxygens (including phenoxy) is 1. The summed E-state index contributed by atoms with van der Waals surface area (Å²) >= 11 is 0. The molecule has 6 nitrogen and oxygen atoms in total. The van der Waals surface area contributed by atoms with Gasteiger partial charge in [-0.2, -0.15) is 27.1 Å². The second-order valence-corrected chi connectivity index (χ2v) is 11.3. The molecule has 0 saturated heterocycles. The van der Waals surface area contributed by atoms with Crippen molar-refractivity contribution in [2.45, 2.75) is 84.0 Å². The van der Waals surface area contributed by atoms with Crippen molar-refractivity contribution in [1.29, 1.82) is 0 Å². The molecule has 0 aliphatic carbocycles. The van der Waals surface area contributed by atoms with Crippen LogP contribution in [0.2, 0.25) is 0 Å². The van der Waals surface area contributed by atoms with E-state index >= 15 is 0 Å². The molecule has 0 unspecified atom stereocenters. The number of halogens is 5. The minimum absolute atomic E-state index is 0.0230. The highest BCUT2D eigenvalue weighted by Crippen LogP contribution is 2.31. The summed E-state index contributed by atoms with van der Waals surface area (Å²) in [6, 6.07) is 15.0. The van der Waals surface area contributed by atoms with Gasteiger partial charge in [-0.05, 0) is 88.4 Å². The fourth-order valence-electron chi connectivity index (χ4n) is 4.31. The molecule has 2 amide bonds. The normalized spacial score (nSPS) is 12.5. The van der Waals surface area contributed by atoms with Gasteiger partial charge in [0.25, 0.3) is 5.92 Å². The van der Waals surface area contributed by atoms with E-state index in [0.717, 1.165) is 31.9 Å². The molecule has 0 fully saturated rings. The van der Waals surface area contributed by atoms with Gasteiger partial charge in [-0.1, -0.05) is 30.7 Å². The second-order valence-electron chi connectivity index (χ2n) is 11.3. The first-order chi connectivity index (χ1) is 19.5. The first-order valence-electron chi connectivity index (χ1n) is 13.9. The topological polar surface area (TPSA) is 59.4 Å². The van der Waals surface area contributed by atoms with Crippen molar-refractivity contribution in [3.63, 3.8) is 0 Å². The van der Waals surface area contributed by atoms with Crippen molar-refractivity contribution in [2.75, 3.05) is 11.4 Å². The summed E-state index contributed by atoms with van der Waals surface area (Å²) in [5.41, 5.74) is 0.0214. The third kappa shape index (κ3) is 8.69. The largest absolute Gasteiger partial charge is 0.491 e. The Labute approximate surface area is 243 Å². The van der Waals surface area contributed by atoms with Gasteiger partial charge in [-0.3, -0.25) is 9.58 Å². The van der Waals surface area contributed by atoms with Crippen LogP contribution in [0.1, 0.15) is 65.3 Å². The first-order valence-corrected chi connectivity index (χ1v) is 13.9. The number of carbonyl (C=O) groups is 1. The summed E-state index contributed by atoms with van der Waals surface area (Å²) in [7, 11) is 1.61. The number of nitrogens with one attached hydrogen (secondary N) is 1. The number of aryl methyl sites for hydroxylation is 2. The van der Waals surface area contributed by atoms with Crippen LogP contribution in [0.25, 0.3) is 11.1 Å². The molecule has 42 heavy (non-hydrogen) atoms. The smallest absolute Gasteiger partial charge is 0.411 e. The maximum absolute atomic E-state index is 13.6. The predicted molar refractivity (Wildman–Crippen MR) is 154 cm³/mol. The van der Waals surface area contributed by atoms with Crippen LogP contribution in [-0.2, 0) is 19.4 Å². The molecule has 11 heteroatoms. The number of alkyl halides is 5. The van der Waals surface area contributed by atoms with Crippen molar-refractivity contribution in [3.8, 4) is 16.9 Å². The minimum atomic E-state index is -4.65. The molecule has 0 saturated carbocycles. The Morgan fingerprint density at radius 3 is 2.19 bits per heavy atom. The van der Waals surface area contributed by atoms with Crippen LogP contribution in [-0.4, -0.2) is 40.2 Å². The molecule has 0 aliphatic heterocycles. The maximum Gasteiger partial charge on any atom is 0.411 e. The summed E-state index contributed by atoms with van der Waals surface area (Å²) in [6.45, 7) is 6.65. The van der Waals surface area contributed by atoms with Gasteiger partial charge < -0.3 is 10.1 Å². The Bertz CT molecular complexity index is 1330. The molecule has 3 aromatic rings. The maximum atomic E-state index is 13.6. The van der Waals surface area contributed by atoms with E-state index in [9.17, 15) is 26.7 Å². The molecule has 0 aliphatic rings. The van der Waals surface area contributed by atoms with Gasteiger partial charge in [0.05, 0.1) is 6.10 Å². The van der Waals surface area contributed by atoms with E-state index in [0.29, 0.717) is 42.8 Å². The lowest BCUT2D eigenvalue weighted by molar-refractivity contribution is -0.182. The quantitative estimate of drug-likeness (QED) is 0.170. The zero-order valence-electron chi connectivity index (χ0n) is 24.9. The summed E-state index contributed by atoms with van der Waals surface area (Å²) < 4.78 is 75.1. The molecule has 3 rings (SSSR count). The van der Waals surface area contributed by atoms with Gasteiger partial charge in [0.15, 0.2) is 0 Å². The molecular formula is C31H39F5N4O2. The Morgan fingerprint density at radius 2 is 1.62 bits per heavy atom. The molecule has 0 atom stereocenters. The van der Waals surface area contributed by atoms with Gasteiger partial charge in [0, 0.05) is 31.9 Å². The lowest BCUT2D eigenvalue weighted by atomic mass is 10.0. The summed E-state index contributed by atoms with van der Waals surface area (Å²) in [5, 5.41) is 6.02. The monoisotopic (exact) mass is 594 g/mol. The molecule has 1 N–H and O–H groups in total. The van der Waals surface area contributed by atoms with Gasteiger partial charge in [0.1, 0.15) is 17.0 Å². The zero-order valence-corrected chi connectivity index (χ0v) is 24.9. The van der Waals surface area contributed by atoms with Crippen molar-refractivity contribution in [2.24, 2.45) is 7.05 Å². The summed E-state index contributed by atoms with van der Waals surface area (Å²) in [6.07, 6.45) is -2.39. The fourth-order valence-corrected chi connectivity index (χ4v) is 4.31. The van der Waals surface area contributed by atoms with Crippen molar-refractivity contribution in [1.82, 2.24) is 15.1 Å². The fraction of sp³-hybridized carbons (Fsp3) is 0.484. The average Bonchev–Trinajstić information content (AvgIpc) is 3.26. The number of benzene rings is 2. The molecule has 0 spiro atoms. The molecular weight excluding hydrogens is 555 g/mol. The van der Waals surface area contributed by atoms with Gasteiger partial charge in [-0.25, -0.2) is 4.79 Å². The second kappa shape index (κ2) is 13.1. The Balaban J connectivity index is 1.76. The Hall–Kier alpha value is -3.63. The van der Waals surface area contributed by atoms with E-state index in [4.69, 9.17) is 4.74 Å². The molecule has 1 heterocycles. The van der Waals surface area contributed by atoms with E-state index in [1.165, 1.54) is 15.6 Å². The zero-order chi connectivity index (χ0) is 31.3. The molecule has 2 aromatic carbocycles. The van der Waals surface area contributed by atoms with Crippen LogP contribution in [0.4, 0.5) is 32.4 Å². The predicted octanol–water partition coefficient (Wildman–Crippen LogP) is 8.26. The SMILES string of the molecule is CC(C)Oc1ccc(-c2cccc(N(CCCCCc3cc(C(C)(F)F)nn3C)C(=O)NC(C)(C)C(F)(F)F)c2)cc1. The number of urea groups is 1. The number of carbonyl (C=O) groups excluding carboxylic acids is 1. The molecule has 230 valence electrons. The summed E-state index contributed by atoms with van der Waals surface area (Å²) in [4.78, 5) is 14.6. The number of nitrogens with zero attached hydrogens (tertiary/aromatic N) is 3. The van der Waals surface area contributed by atoms with E-state index in [1.807, 2.05) is 44.2 Å². The third-order valence-corrected chi connectivity index (χ3v) is 6.83. The molecule has 0 bridgehead atoms. The average molecular weight is 595 g/mol. The van der Waals surface area contributed by atoms with Crippen LogP contribution in [0, 0.1) is 0 Å². The Morgan fingerprint density at radius 1 is 0.952 bits per heavy atom. The number of aromatic nitrogens is 2. The lowest BCUT2D eigenvalue weighted by Gasteiger charge is -2.32. The van der Waals surface area contributed by atoms with Crippen LogP contribution in [0.5, 0.6) is 5.75 Å². The van der Waals surface area contributed by atoms with E-state index in [2.05, 4.69) is 10.4 Å². The number of hydrogen-bond acceptors (Lipinski definition) is 3. The summed E-state index contributed by atoms with van der Waals surface area (Å²) in [5.74, 6) is -2.32. The molecule has 1 aromatic heterocycles. The van der Waals surface area contributed by atoms with Crippen molar-refractivity contribution in [3.05, 3.63) is 66.0 Å². The molecule has 0 radical (unpaired) electrons. The highest BCUT2D eigenvalue weighted by molar-refractivity contribution is 5.93. The van der Waals surface area contributed by atoms with Gasteiger partial charge in [-0.15, -0.1) is 0 Å². The van der Waals surface area contributed by atoms with Gasteiger partial charge >= 0.3 is 12.2 Å². The number of amides is 2. The van der Waals surface area contributed by atoms with E-state index in [1.54, 1.807) is 25.2 Å². The Kier molecular flexibility index (Phi) is 10.3. The highest BCUT2D eigenvalue weighted by Gasteiger charge is 2.49. The number of unbranched alkanes of at least 4 members (excludes halogenated alkanes) is 2. The van der Waals surface area contributed by atoms with Crippen molar-refractivity contribution < 1.29 is 31.5 Å². The van der Waals surface area contributed by atoms with Crippen LogP contribution >= 0.6 is 0 Å². The number of rotatable bonds is 12. The van der Waals surface area contributed by atoms with E-state index in [-0.39, 0.29) is 18.3 Å². The third-order valence-electron chi connectivity index (χ3n) is 6.83. The highest BCUT2D eigenvalue weighted by atomic mass is 19.4. The standard InChI is InChI=1S/C31H39F5N4O2/c1-21(2)42-26-16-14-22(15-17-26)23-11-10-13-25(19-23)40(28(41)37-29(3,4)31(34,35)36)18-9-7-8-12-24-20-27(30(5,32)33)38-39(24)6/h10-11,13-17,19-21H,7-9,12,18H2,1-6H3,(H,37,41).